The topological polar surface area (TPSA) is 117 Å². The van der Waals surface area contributed by atoms with Crippen LogP contribution < -0.4 is 16.0 Å². The number of nitrogens with zero attached hydrogens (tertiary/aromatic N) is 6. The highest BCUT2D eigenvalue weighted by Gasteiger charge is 2.35. The molecule has 0 saturated heterocycles. The molecule has 1 atom stereocenters. The second-order valence-corrected chi connectivity index (χ2v) is 8.00. The third kappa shape index (κ3) is 3.41. The van der Waals surface area contributed by atoms with E-state index in [4.69, 9.17) is 9.15 Å². The fraction of sp³-hybridized carbons (Fsp3) is 0.261. The molecule has 1 aliphatic heterocycles. The predicted molar refractivity (Wildman–Crippen MR) is 123 cm³/mol. The molecule has 3 aromatic heterocycles. The summed E-state index contributed by atoms with van der Waals surface area (Å²) in [6.45, 7) is -0.180. The fourth-order valence-electron chi connectivity index (χ4n) is 4.14. The summed E-state index contributed by atoms with van der Waals surface area (Å²) in [5.74, 6) is 0.982. The first-order chi connectivity index (χ1) is 16.4. The lowest BCUT2D eigenvalue weighted by molar-refractivity contribution is -0.133. The van der Waals surface area contributed by atoms with Gasteiger partial charge in [0.1, 0.15) is 24.1 Å². The Kier molecular flexibility index (Phi) is 5.16. The molecular weight excluding hydrogens is 440 g/mol. The van der Waals surface area contributed by atoms with Gasteiger partial charge in [-0.3, -0.25) is 18.7 Å². The Balaban J connectivity index is 1.51. The van der Waals surface area contributed by atoms with E-state index in [-0.39, 0.29) is 23.6 Å². The monoisotopic (exact) mass is 462 g/mol. The van der Waals surface area contributed by atoms with Gasteiger partial charge in [0, 0.05) is 20.5 Å². The molecule has 11 heteroatoms. The van der Waals surface area contributed by atoms with E-state index in [0.717, 1.165) is 21.6 Å². The normalized spacial score (nSPS) is 15.7. The molecule has 0 aliphatic carbocycles. The number of furan rings is 1. The third-order valence-electron chi connectivity index (χ3n) is 5.98. The number of hydrazone groups is 1. The maximum absolute atomic E-state index is 13.4. The van der Waals surface area contributed by atoms with Crippen molar-refractivity contribution in [2.75, 3.05) is 7.11 Å². The molecule has 0 radical (unpaired) electrons. The number of imidazole rings is 1. The lowest BCUT2D eigenvalue weighted by Crippen LogP contribution is -2.38. The molecule has 0 bridgehead atoms. The molecule has 4 heterocycles. The maximum Gasteiger partial charge on any atom is 0.332 e. The van der Waals surface area contributed by atoms with Crippen LogP contribution in [-0.4, -0.2) is 42.4 Å². The summed E-state index contributed by atoms with van der Waals surface area (Å²) in [7, 11) is 4.52. The first kappa shape index (κ1) is 21.4. The highest BCUT2D eigenvalue weighted by molar-refractivity contribution is 6.03. The summed E-state index contributed by atoms with van der Waals surface area (Å²) in [6.07, 6.45) is 3.40. The highest BCUT2D eigenvalue weighted by atomic mass is 16.5. The number of fused-ring (bicyclic) bond motifs is 1. The standard InChI is InChI=1S/C23H22N6O5/c1-26-21-20(22(31)27(2)23(26)32)28(13-24-21)12-19(30)29-17(18-5-4-10-34-18)11-16(25-29)14-6-8-15(33-3)9-7-14/h4-10,13,17H,11-12H2,1-3H3/t17-/m0/s1. The molecule has 174 valence electrons. The van der Waals surface area contributed by atoms with Crippen LogP contribution in [0.25, 0.3) is 11.2 Å². The molecule has 0 saturated carbocycles. The molecular formula is C23H22N6O5. The fourth-order valence-corrected chi connectivity index (χ4v) is 4.14. The van der Waals surface area contributed by atoms with Crippen LogP contribution in [-0.2, 0) is 25.4 Å². The Hall–Kier alpha value is -4.41. The first-order valence-electron chi connectivity index (χ1n) is 10.6. The molecule has 1 aromatic carbocycles. The van der Waals surface area contributed by atoms with E-state index < -0.39 is 17.3 Å². The lowest BCUT2D eigenvalue weighted by Gasteiger charge is -2.20. The van der Waals surface area contributed by atoms with Gasteiger partial charge in [0.05, 0.1) is 25.4 Å². The average Bonchev–Trinajstić information content (AvgIpc) is 3.61. The van der Waals surface area contributed by atoms with Crippen LogP contribution in [0.15, 0.2) is 68.1 Å². The van der Waals surface area contributed by atoms with Gasteiger partial charge in [-0.1, -0.05) is 0 Å². The van der Waals surface area contributed by atoms with Crippen molar-refractivity contribution in [2.24, 2.45) is 19.2 Å². The number of benzene rings is 1. The van der Waals surface area contributed by atoms with Crippen LogP contribution in [0.5, 0.6) is 5.75 Å². The smallest absolute Gasteiger partial charge is 0.332 e. The Morgan fingerprint density at radius 3 is 2.59 bits per heavy atom. The number of rotatable bonds is 5. The van der Waals surface area contributed by atoms with Crippen molar-refractivity contribution >= 4 is 22.8 Å². The Bertz CT molecular complexity index is 1530. The second-order valence-electron chi connectivity index (χ2n) is 8.00. The van der Waals surface area contributed by atoms with Crippen molar-refractivity contribution in [3.8, 4) is 5.75 Å². The van der Waals surface area contributed by atoms with Crippen LogP contribution in [0, 0.1) is 0 Å². The SMILES string of the molecule is COc1ccc(C2=NN(C(=O)Cn3cnc4c3c(=O)n(C)c(=O)n4C)[C@H](c3ccco3)C2)cc1. The maximum atomic E-state index is 13.4. The largest absolute Gasteiger partial charge is 0.497 e. The predicted octanol–water partition coefficient (Wildman–Crippen LogP) is 1.41. The van der Waals surface area contributed by atoms with Gasteiger partial charge in [-0.05, 0) is 42.0 Å². The van der Waals surface area contributed by atoms with E-state index in [1.54, 1.807) is 25.5 Å². The van der Waals surface area contributed by atoms with Crippen molar-refractivity contribution in [3.63, 3.8) is 0 Å². The zero-order chi connectivity index (χ0) is 24.0. The van der Waals surface area contributed by atoms with Gasteiger partial charge in [0.2, 0.25) is 0 Å². The van der Waals surface area contributed by atoms with Crippen molar-refractivity contribution < 1.29 is 13.9 Å². The summed E-state index contributed by atoms with van der Waals surface area (Å²) >= 11 is 0. The minimum Gasteiger partial charge on any atom is -0.497 e. The first-order valence-corrected chi connectivity index (χ1v) is 10.6. The highest BCUT2D eigenvalue weighted by Crippen LogP contribution is 2.33. The van der Waals surface area contributed by atoms with E-state index in [2.05, 4.69) is 10.1 Å². The number of hydrogen-bond donors (Lipinski definition) is 0. The van der Waals surface area contributed by atoms with Crippen LogP contribution in [0.4, 0.5) is 0 Å². The minimum absolute atomic E-state index is 0.172. The van der Waals surface area contributed by atoms with Crippen LogP contribution in [0.3, 0.4) is 0 Å². The summed E-state index contributed by atoms with van der Waals surface area (Å²) in [6, 6.07) is 10.6. The number of amides is 1. The van der Waals surface area contributed by atoms with Gasteiger partial charge in [0.15, 0.2) is 11.2 Å². The van der Waals surface area contributed by atoms with Gasteiger partial charge in [0.25, 0.3) is 11.5 Å². The van der Waals surface area contributed by atoms with Crippen LogP contribution in [0.1, 0.15) is 23.8 Å². The van der Waals surface area contributed by atoms with Crippen molar-refractivity contribution in [1.29, 1.82) is 0 Å². The van der Waals surface area contributed by atoms with Gasteiger partial charge in [-0.15, -0.1) is 0 Å². The van der Waals surface area contributed by atoms with E-state index in [9.17, 15) is 14.4 Å². The van der Waals surface area contributed by atoms with Crippen LogP contribution >= 0.6 is 0 Å². The Morgan fingerprint density at radius 2 is 1.91 bits per heavy atom. The number of carbonyl (C=O) groups is 1. The molecule has 34 heavy (non-hydrogen) atoms. The molecule has 4 aromatic rings. The number of aromatic nitrogens is 4. The average molecular weight is 462 g/mol. The zero-order valence-electron chi connectivity index (χ0n) is 18.8. The number of carbonyl (C=O) groups excluding carboxylic acids is 1. The number of hydrogen-bond acceptors (Lipinski definition) is 7. The minimum atomic E-state index is -0.519. The summed E-state index contributed by atoms with van der Waals surface area (Å²) in [4.78, 5) is 42.5. The van der Waals surface area contributed by atoms with Crippen molar-refractivity contribution in [3.05, 3.63) is 81.2 Å². The van der Waals surface area contributed by atoms with Crippen LogP contribution in [0.2, 0.25) is 0 Å². The van der Waals surface area contributed by atoms with E-state index in [1.165, 1.54) is 34.6 Å². The Morgan fingerprint density at radius 1 is 1.15 bits per heavy atom. The summed E-state index contributed by atoms with van der Waals surface area (Å²) in [5, 5.41) is 6.00. The van der Waals surface area contributed by atoms with Gasteiger partial charge in [-0.25, -0.2) is 14.8 Å². The third-order valence-corrected chi connectivity index (χ3v) is 5.98. The molecule has 0 N–H and O–H groups in total. The molecule has 0 fully saturated rings. The number of aryl methyl sites for hydroxylation is 1. The van der Waals surface area contributed by atoms with E-state index in [1.807, 2.05) is 24.3 Å². The Labute approximate surface area is 193 Å². The molecule has 1 aliphatic rings. The molecule has 0 unspecified atom stereocenters. The molecule has 11 nitrogen and oxygen atoms in total. The molecule has 0 spiro atoms. The van der Waals surface area contributed by atoms with Gasteiger partial charge >= 0.3 is 5.69 Å². The number of ether oxygens (including phenoxy) is 1. The van der Waals surface area contributed by atoms with Gasteiger partial charge in [-0.2, -0.15) is 5.10 Å². The molecule has 5 rings (SSSR count). The quantitative estimate of drug-likeness (QED) is 0.443. The zero-order valence-corrected chi connectivity index (χ0v) is 18.8. The van der Waals surface area contributed by atoms with E-state index >= 15 is 0 Å². The lowest BCUT2D eigenvalue weighted by atomic mass is 10.0. The second kappa shape index (κ2) is 8.18. The van der Waals surface area contributed by atoms with Gasteiger partial charge < -0.3 is 13.7 Å². The van der Waals surface area contributed by atoms with E-state index in [0.29, 0.717) is 12.2 Å². The summed E-state index contributed by atoms with van der Waals surface area (Å²) < 4.78 is 14.5. The van der Waals surface area contributed by atoms with Crippen molar-refractivity contribution in [1.82, 2.24) is 23.7 Å². The van der Waals surface area contributed by atoms with Crippen molar-refractivity contribution in [2.45, 2.75) is 19.0 Å². The number of methoxy groups -OCH3 is 1. The summed E-state index contributed by atoms with van der Waals surface area (Å²) in [5.41, 5.74) is 0.976. The molecule has 1 amide bonds.